The summed E-state index contributed by atoms with van der Waals surface area (Å²) < 4.78 is 0. The minimum atomic E-state index is 0.467. The van der Waals surface area contributed by atoms with Crippen LogP contribution in [0.1, 0.15) is 70.0 Å². The van der Waals surface area contributed by atoms with Crippen LogP contribution in [0, 0.1) is 5.92 Å². The van der Waals surface area contributed by atoms with E-state index in [0.29, 0.717) is 12.1 Å². The largest absolute Gasteiger partial charge is 0.308 e. The third kappa shape index (κ3) is 4.99. The second-order valence-electron chi connectivity index (χ2n) is 6.31. The molecule has 0 aromatic heterocycles. The van der Waals surface area contributed by atoms with Gasteiger partial charge in [-0.2, -0.15) is 0 Å². The number of rotatable bonds is 8. The first kappa shape index (κ1) is 14.6. The number of unbranched alkanes of at least 4 members (excludes halogenated alkanes) is 1. The quantitative estimate of drug-likeness (QED) is 0.702. The predicted molar refractivity (Wildman–Crippen MR) is 83.4 cm³/mol. The van der Waals surface area contributed by atoms with Gasteiger partial charge in [-0.15, -0.1) is 0 Å². The number of hydrogen-bond donors (Lipinski definition) is 1. The molecule has 1 aromatic rings. The van der Waals surface area contributed by atoms with E-state index in [2.05, 4.69) is 50.4 Å². The Morgan fingerprint density at radius 2 is 1.84 bits per heavy atom. The number of benzene rings is 1. The second-order valence-corrected chi connectivity index (χ2v) is 6.31. The van der Waals surface area contributed by atoms with Crippen molar-refractivity contribution in [2.45, 2.75) is 71.4 Å². The molecule has 1 saturated carbocycles. The smallest absolute Gasteiger partial charge is 0.0294 e. The molecule has 1 aliphatic carbocycles. The van der Waals surface area contributed by atoms with Crippen LogP contribution in [0.15, 0.2) is 24.3 Å². The zero-order valence-electron chi connectivity index (χ0n) is 12.8. The van der Waals surface area contributed by atoms with Gasteiger partial charge in [0.2, 0.25) is 0 Å². The van der Waals surface area contributed by atoms with Crippen LogP contribution in [-0.4, -0.2) is 6.04 Å². The molecule has 0 spiro atoms. The fourth-order valence-electron chi connectivity index (χ4n) is 2.80. The van der Waals surface area contributed by atoms with Gasteiger partial charge in [0, 0.05) is 12.1 Å². The zero-order chi connectivity index (χ0) is 13.7. The Hall–Kier alpha value is -0.820. The molecule has 0 radical (unpaired) electrons. The van der Waals surface area contributed by atoms with Crippen molar-refractivity contribution in [1.29, 1.82) is 0 Å². The number of nitrogens with one attached hydrogen (secondary N) is 1. The molecule has 2 rings (SSSR count). The summed E-state index contributed by atoms with van der Waals surface area (Å²) in [5.74, 6) is 1.01. The van der Waals surface area contributed by atoms with Gasteiger partial charge in [0.05, 0.1) is 0 Å². The van der Waals surface area contributed by atoms with Gasteiger partial charge in [-0.05, 0) is 50.2 Å². The molecule has 1 heteroatoms. The number of aryl methyl sites for hydroxylation is 1. The van der Waals surface area contributed by atoms with Crippen molar-refractivity contribution in [2.24, 2.45) is 5.92 Å². The van der Waals surface area contributed by atoms with Crippen molar-refractivity contribution >= 4 is 0 Å². The molecule has 1 aliphatic rings. The van der Waals surface area contributed by atoms with Gasteiger partial charge >= 0.3 is 0 Å². The molecular weight excluding hydrogens is 230 g/mol. The van der Waals surface area contributed by atoms with Crippen LogP contribution in [-0.2, 0) is 6.42 Å². The Morgan fingerprint density at radius 3 is 2.42 bits per heavy atom. The van der Waals surface area contributed by atoms with Gasteiger partial charge in [-0.25, -0.2) is 0 Å². The molecule has 106 valence electrons. The van der Waals surface area contributed by atoms with E-state index in [4.69, 9.17) is 0 Å². The lowest BCUT2D eigenvalue weighted by atomic mass is 10.0. The highest BCUT2D eigenvalue weighted by Crippen LogP contribution is 2.33. The van der Waals surface area contributed by atoms with Crippen LogP contribution in [0.3, 0.4) is 0 Å². The standard InChI is InChI=1S/C18H29N/c1-4-5-6-16-9-11-18(12-10-16)15(3)19-14(2)13-17-7-8-17/h9-12,14-15,17,19H,4-8,13H2,1-3H3. The van der Waals surface area contributed by atoms with Crippen molar-refractivity contribution in [3.8, 4) is 0 Å². The van der Waals surface area contributed by atoms with E-state index in [1.807, 2.05) is 0 Å². The minimum absolute atomic E-state index is 0.467. The highest BCUT2D eigenvalue weighted by Gasteiger charge is 2.24. The molecule has 2 unspecified atom stereocenters. The van der Waals surface area contributed by atoms with Crippen molar-refractivity contribution in [3.63, 3.8) is 0 Å². The fraction of sp³-hybridized carbons (Fsp3) is 0.667. The SMILES string of the molecule is CCCCc1ccc(C(C)NC(C)CC2CC2)cc1. The first-order valence-electron chi connectivity index (χ1n) is 8.04. The first-order valence-corrected chi connectivity index (χ1v) is 8.04. The minimum Gasteiger partial charge on any atom is -0.308 e. The van der Waals surface area contributed by atoms with Crippen LogP contribution >= 0.6 is 0 Å². The van der Waals surface area contributed by atoms with Gasteiger partial charge in [-0.1, -0.05) is 50.5 Å². The Balaban J connectivity index is 1.81. The maximum absolute atomic E-state index is 3.73. The molecule has 0 bridgehead atoms. The van der Waals surface area contributed by atoms with E-state index in [0.717, 1.165) is 5.92 Å². The highest BCUT2D eigenvalue weighted by atomic mass is 14.9. The van der Waals surface area contributed by atoms with Gasteiger partial charge in [0.25, 0.3) is 0 Å². The molecule has 1 aromatic carbocycles. The van der Waals surface area contributed by atoms with E-state index in [1.165, 1.54) is 49.7 Å². The zero-order valence-corrected chi connectivity index (χ0v) is 12.8. The molecule has 2 atom stereocenters. The Morgan fingerprint density at radius 1 is 1.16 bits per heavy atom. The molecular formula is C18H29N. The van der Waals surface area contributed by atoms with Crippen molar-refractivity contribution in [3.05, 3.63) is 35.4 Å². The molecule has 0 heterocycles. The van der Waals surface area contributed by atoms with Crippen LogP contribution in [0.2, 0.25) is 0 Å². The van der Waals surface area contributed by atoms with E-state index >= 15 is 0 Å². The summed E-state index contributed by atoms with van der Waals surface area (Å²) in [6.07, 6.45) is 8.04. The van der Waals surface area contributed by atoms with Crippen molar-refractivity contribution in [2.75, 3.05) is 0 Å². The summed E-state index contributed by atoms with van der Waals surface area (Å²) >= 11 is 0. The second kappa shape index (κ2) is 7.09. The predicted octanol–water partition coefficient (Wildman–Crippen LogP) is 4.87. The third-order valence-corrected chi connectivity index (χ3v) is 4.22. The topological polar surface area (TPSA) is 12.0 Å². The number of hydrogen-bond acceptors (Lipinski definition) is 1. The van der Waals surface area contributed by atoms with Crippen LogP contribution < -0.4 is 5.32 Å². The summed E-state index contributed by atoms with van der Waals surface area (Å²) in [5, 5.41) is 3.73. The average molecular weight is 259 g/mol. The molecule has 0 amide bonds. The first-order chi connectivity index (χ1) is 9.19. The van der Waals surface area contributed by atoms with Crippen LogP contribution in [0.4, 0.5) is 0 Å². The average Bonchev–Trinajstić information content (AvgIpc) is 3.20. The lowest BCUT2D eigenvalue weighted by Crippen LogP contribution is -2.29. The Labute approximate surface area is 118 Å². The summed E-state index contributed by atoms with van der Waals surface area (Å²) in [4.78, 5) is 0. The van der Waals surface area contributed by atoms with Crippen LogP contribution in [0.25, 0.3) is 0 Å². The lowest BCUT2D eigenvalue weighted by Gasteiger charge is -2.20. The summed E-state index contributed by atoms with van der Waals surface area (Å²) in [6, 6.07) is 10.3. The lowest BCUT2D eigenvalue weighted by molar-refractivity contribution is 0.438. The van der Waals surface area contributed by atoms with E-state index in [1.54, 1.807) is 0 Å². The fourth-order valence-corrected chi connectivity index (χ4v) is 2.80. The van der Waals surface area contributed by atoms with Gasteiger partial charge in [0.1, 0.15) is 0 Å². The monoisotopic (exact) mass is 259 g/mol. The summed E-state index contributed by atoms with van der Waals surface area (Å²) in [5.41, 5.74) is 2.90. The Bertz CT molecular complexity index is 364. The van der Waals surface area contributed by atoms with Gasteiger partial charge < -0.3 is 5.32 Å². The maximum Gasteiger partial charge on any atom is 0.0294 e. The third-order valence-electron chi connectivity index (χ3n) is 4.22. The highest BCUT2D eigenvalue weighted by molar-refractivity contribution is 5.24. The van der Waals surface area contributed by atoms with E-state index in [-0.39, 0.29) is 0 Å². The van der Waals surface area contributed by atoms with E-state index < -0.39 is 0 Å². The molecule has 1 nitrogen and oxygen atoms in total. The Kier molecular flexibility index (Phi) is 5.45. The van der Waals surface area contributed by atoms with Crippen molar-refractivity contribution < 1.29 is 0 Å². The maximum atomic E-state index is 3.73. The molecule has 1 fully saturated rings. The molecule has 1 N–H and O–H groups in total. The summed E-state index contributed by atoms with van der Waals surface area (Å²) in [6.45, 7) is 6.86. The molecule has 0 aliphatic heterocycles. The molecule has 19 heavy (non-hydrogen) atoms. The van der Waals surface area contributed by atoms with Crippen LogP contribution in [0.5, 0.6) is 0 Å². The van der Waals surface area contributed by atoms with E-state index in [9.17, 15) is 0 Å². The van der Waals surface area contributed by atoms with Gasteiger partial charge in [-0.3, -0.25) is 0 Å². The van der Waals surface area contributed by atoms with Gasteiger partial charge in [0.15, 0.2) is 0 Å². The van der Waals surface area contributed by atoms with Crippen molar-refractivity contribution in [1.82, 2.24) is 5.32 Å². The summed E-state index contributed by atoms with van der Waals surface area (Å²) in [7, 11) is 0. The molecule has 0 saturated heterocycles. The normalized spacial score (nSPS) is 18.3.